The molecule has 0 saturated heterocycles. The van der Waals surface area contributed by atoms with Crippen molar-refractivity contribution in [3.63, 3.8) is 0 Å². The van der Waals surface area contributed by atoms with Crippen molar-refractivity contribution < 1.29 is 19.8 Å². The molecule has 0 aromatic carbocycles. The van der Waals surface area contributed by atoms with Gasteiger partial charge in [-0.25, -0.2) is 9.97 Å². The Hall–Kier alpha value is -1.67. The second-order valence-corrected chi connectivity index (χ2v) is 7.35. The summed E-state index contributed by atoms with van der Waals surface area (Å²) in [6.45, 7) is 0. The summed E-state index contributed by atoms with van der Waals surface area (Å²) < 4.78 is 0. The van der Waals surface area contributed by atoms with Crippen molar-refractivity contribution in [3.8, 4) is 0 Å². The number of carbonyl (C=O) groups excluding carboxylic acids is 2. The van der Waals surface area contributed by atoms with Crippen molar-refractivity contribution in [2.45, 2.75) is 42.4 Å². The van der Waals surface area contributed by atoms with E-state index in [9.17, 15) is 19.8 Å². The number of thiophene rings is 1. The Morgan fingerprint density at radius 2 is 2.05 bits per heavy atom. The second-order valence-electron chi connectivity index (χ2n) is 5.07. The van der Waals surface area contributed by atoms with Gasteiger partial charge >= 0.3 is 0 Å². The fraction of sp³-hybridized carbons (Fsp3) is 0.429. The summed E-state index contributed by atoms with van der Waals surface area (Å²) in [4.78, 5) is 32.4. The standard InChI is InChI=1S/C14H14N2O4S2/c17-10(18)5-9(14(19)20)22-13-11-7-3-1-2-4-8(7)21-12(11)15-6-16-13/h6,9H,1-5H2,(H,17,18)(H,19,20)/p-2. The second kappa shape index (κ2) is 6.21. The molecule has 0 spiro atoms. The molecule has 1 unspecified atom stereocenters. The van der Waals surface area contributed by atoms with Gasteiger partial charge in [-0.05, 0) is 31.2 Å². The number of aryl methyl sites for hydroxylation is 2. The van der Waals surface area contributed by atoms with Gasteiger partial charge in [-0.2, -0.15) is 0 Å². The number of aromatic nitrogens is 2. The van der Waals surface area contributed by atoms with E-state index >= 15 is 0 Å². The summed E-state index contributed by atoms with van der Waals surface area (Å²) in [6.07, 6.45) is 4.93. The minimum Gasteiger partial charge on any atom is -0.550 e. The van der Waals surface area contributed by atoms with E-state index in [-0.39, 0.29) is 0 Å². The van der Waals surface area contributed by atoms with Crippen molar-refractivity contribution in [2.24, 2.45) is 0 Å². The molecular weight excluding hydrogens is 324 g/mol. The van der Waals surface area contributed by atoms with Crippen LogP contribution in [-0.2, 0) is 22.4 Å². The number of thioether (sulfide) groups is 1. The molecule has 0 bridgehead atoms. The van der Waals surface area contributed by atoms with Gasteiger partial charge in [0.05, 0.1) is 11.2 Å². The molecule has 0 aliphatic heterocycles. The average molecular weight is 336 g/mol. The van der Waals surface area contributed by atoms with Crippen LogP contribution in [0.2, 0.25) is 0 Å². The minimum absolute atomic E-state index is 0.514. The zero-order valence-corrected chi connectivity index (χ0v) is 13.2. The van der Waals surface area contributed by atoms with Gasteiger partial charge in [-0.3, -0.25) is 0 Å². The van der Waals surface area contributed by atoms with Crippen LogP contribution >= 0.6 is 23.1 Å². The topological polar surface area (TPSA) is 106 Å². The number of hydrogen-bond donors (Lipinski definition) is 0. The van der Waals surface area contributed by atoms with Crippen molar-refractivity contribution in [1.29, 1.82) is 0 Å². The Labute approximate surface area is 134 Å². The highest BCUT2D eigenvalue weighted by Crippen LogP contribution is 2.40. The van der Waals surface area contributed by atoms with E-state index in [1.165, 1.54) is 16.8 Å². The molecule has 6 nitrogen and oxygen atoms in total. The minimum atomic E-state index is -1.43. The lowest BCUT2D eigenvalue weighted by Crippen LogP contribution is -2.38. The van der Waals surface area contributed by atoms with Crippen molar-refractivity contribution >= 4 is 45.3 Å². The third-order valence-electron chi connectivity index (χ3n) is 3.59. The molecular formula is C14H12N2O4S2-2. The van der Waals surface area contributed by atoms with Crippen LogP contribution in [0.5, 0.6) is 0 Å². The van der Waals surface area contributed by atoms with Crippen molar-refractivity contribution in [3.05, 3.63) is 16.8 Å². The highest BCUT2D eigenvalue weighted by atomic mass is 32.2. The Balaban J connectivity index is 2.01. The maximum Gasteiger partial charge on any atom is 0.128 e. The lowest BCUT2D eigenvalue weighted by Gasteiger charge is -2.18. The van der Waals surface area contributed by atoms with E-state index < -0.39 is 23.6 Å². The first-order valence-corrected chi connectivity index (χ1v) is 8.58. The Morgan fingerprint density at radius 1 is 1.27 bits per heavy atom. The van der Waals surface area contributed by atoms with Crippen LogP contribution in [0.4, 0.5) is 0 Å². The number of aliphatic carboxylic acids is 2. The highest BCUT2D eigenvalue weighted by Gasteiger charge is 2.22. The third kappa shape index (κ3) is 2.93. The molecule has 22 heavy (non-hydrogen) atoms. The van der Waals surface area contributed by atoms with Gasteiger partial charge in [0.25, 0.3) is 0 Å². The molecule has 0 saturated carbocycles. The number of rotatable bonds is 5. The molecule has 3 rings (SSSR count). The summed E-state index contributed by atoms with van der Waals surface area (Å²) in [5.74, 6) is -2.84. The van der Waals surface area contributed by atoms with Gasteiger partial charge in [0.1, 0.15) is 16.2 Å². The van der Waals surface area contributed by atoms with Gasteiger partial charge in [0, 0.05) is 22.7 Å². The van der Waals surface area contributed by atoms with Crippen LogP contribution in [0, 0.1) is 0 Å². The van der Waals surface area contributed by atoms with E-state index in [1.54, 1.807) is 11.3 Å². The first-order valence-electron chi connectivity index (χ1n) is 6.89. The lowest BCUT2D eigenvalue weighted by molar-refractivity contribution is -0.314. The lowest BCUT2D eigenvalue weighted by atomic mass is 9.97. The Kier molecular flexibility index (Phi) is 4.30. The van der Waals surface area contributed by atoms with Crippen LogP contribution in [0.15, 0.2) is 11.4 Å². The number of carboxylic acids is 2. The van der Waals surface area contributed by atoms with Crippen molar-refractivity contribution in [2.75, 3.05) is 0 Å². The SMILES string of the molecule is O=C([O-])CC(Sc1ncnc2sc3c(c12)CCCC3)C(=O)[O-]. The molecule has 0 fully saturated rings. The molecule has 116 valence electrons. The first-order chi connectivity index (χ1) is 10.6. The molecule has 8 heteroatoms. The van der Waals surface area contributed by atoms with Crippen LogP contribution < -0.4 is 10.2 Å². The fourth-order valence-corrected chi connectivity index (χ4v) is 4.93. The van der Waals surface area contributed by atoms with Crippen LogP contribution in [0.25, 0.3) is 10.2 Å². The summed E-state index contributed by atoms with van der Waals surface area (Å²) in [7, 11) is 0. The maximum atomic E-state index is 11.1. The smallest absolute Gasteiger partial charge is 0.128 e. The summed E-state index contributed by atoms with van der Waals surface area (Å²) in [6, 6.07) is 0. The van der Waals surface area contributed by atoms with E-state index in [0.717, 1.165) is 47.7 Å². The quantitative estimate of drug-likeness (QED) is 0.555. The number of fused-ring (bicyclic) bond motifs is 3. The van der Waals surface area contributed by atoms with Crippen molar-refractivity contribution in [1.82, 2.24) is 9.97 Å². The monoisotopic (exact) mass is 336 g/mol. The normalized spacial score (nSPS) is 15.5. The molecule has 2 aromatic rings. The van der Waals surface area contributed by atoms with Gasteiger partial charge < -0.3 is 19.8 Å². The summed E-state index contributed by atoms with van der Waals surface area (Å²) >= 11 is 2.51. The predicted molar refractivity (Wildman–Crippen MR) is 78.3 cm³/mol. The van der Waals surface area contributed by atoms with E-state index in [4.69, 9.17) is 0 Å². The van der Waals surface area contributed by atoms with Gasteiger partial charge in [0.15, 0.2) is 0 Å². The largest absolute Gasteiger partial charge is 0.550 e. The highest BCUT2D eigenvalue weighted by molar-refractivity contribution is 8.00. The Morgan fingerprint density at radius 3 is 2.77 bits per heavy atom. The number of carbonyl (C=O) groups is 2. The summed E-state index contributed by atoms with van der Waals surface area (Å²) in [5, 5.41) is 22.0. The zero-order valence-electron chi connectivity index (χ0n) is 11.5. The molecule has 0 radical (unpaired) electrons. The number of nitrogens with zero attached hydrogens (tertiary/aromatic N) is 2. The van der Waals surface area contributed by atoms with E-state index in [2.05, 4.69) is 9.97 Å². The molecule has 1 aliphatic rings. The first kappa shape index (κ1) is 15.2. The maximum absolute atomic E-state index is 11.1. The van der Waals surface area contributed by atoms with E-state index in [1.807, 2.05) is 0 Å². The van der Waals surface area contributed by atoms with Gasteiger partial charge in [-0.15, -0.1) is 11.3 Å². The number of hydrogen-bond acceptors (Lipinski definition) is 8. The third-order valence-corrected chi connectivity index (χ3v) is 5.96. The average Bonchev–Trinajstić information content (AvgIpc) is 2.85. The molecule has 1 atom stereocenters. The summed E-state index contributed by atoms with van der Waals surface area (Å²) in [5.41, 5.74) is 1.18. The van der Waals surface area contributed by atoms with E-state index in [0.29, 0.717) is 5.03 Å². The van der Waals surface area contributed by atoms with Crippen LogP contribution in [0.1, 0.15) is 29.7 Å². The van der Waals surface area contributed by atoms with Crippen LogP contribution in [-0.4, -0.2) is 27.2 Å². The fourth-order valence-electron chi connectivity index (χ4n) is 2.61. The van der Waals surface area contributed by atoms with Gasteiger partial charge in [0.2, 0.25) is 0 Å². The zero-order chi connectivity index (χ0) is 15.7. The molecule has 2 heterocycles. The van der Waals surface area contributed by atoms with Gasteiger partial charge in [-0.1, -0.05) is 11.8 Å². The molecule has 2 aromatic heterocycles. The Bertz CT molecular complexity index is 744. The predicted octanol–water partition coefficient (Wildman–Crippen LogP) is -0.0793. The molecule has 0 N–H and O–H groups in total. The number of carboxylic acid groups (broad SMARTS) is 2. The van der Waals surface area contributed by atoms with Crippen LogP contribution in [0.3, 0.4) is 0 Å². The molecule has 0 amide bonds. The molecule has 1 aliphatic carbocycles.